The Labute approximate surface area is 120 Å². The van der Waals surface area contributed by atoms with Crippen molar-refractivity contribution >= 4 is 5.91 Å². The maximum atomic E-state index is 12.2. The van der Waals surface area contributed by atoms with Crippen molar-refractivity contribution in [1.82, 2.24) is 10.2 Å². The van der Waals surface area contributed by atoms with Crippen molar-refractivity contribution in [3.05, 3.63) is 35.4 Å². The fraction of sp³-hybridized carbons (Fsp3) is 0.562. The molecule has 2 saturated heterocycles. The number of aryl methyl sites for hydroxylation is 1. The minimum Gasteiger partial charge on any atom is -0.373 e. The number of ether oxygens (including phenoxy) is 1. The number of carbonyl (C=O) groups excluding carboxylic acids is 1. The van der Waals surface area contributed by atoms with E-state index in [4.69, 9.17) is 4.74 Å². The van der Waals surface area contributed by atoms with E-state index in [0.29, 0.717) is 13.1 Å². The lowest BCUT2D eigenvalue weighted by atomic mass is 10.0. The zero-order chi connectivity index (χ0) is 14.2. The minimum atomic E-state index is -0.192. The second-order valence-electron chi connectivity index (χ2n) is 6.06. The first kappa shape index (κ1) is 13.6. The zero-order valence-electron chi connectivity index (χ0n) is 12.2. The molecule has 2 fully saturated rings. The second kappa shape index (κ2) is 5.19. The molecule has 1 aromatic carbocycles. The standard InChI is InChI=1S/C16H22N2O2/c1-12-6-3-4-7-13(12)15-17-10-14(19)18(15)11-16(2)8-5-9-20-16/h3-4,6-7,15,17H,5,8-11H2,1-2H3. The molecule has 20 heavy (non-hydrogen) atoms. The Bertz CT molecular complexity index is 509. The van der Waals surface area contributed by atoms with Gasteiger partial charge in [-0.05, 0) is 37.8 Å². The molecule has 1 aromatic rings. The molecule has 2 heterocycles. The molecule has 1 amide bonds. The average Bonchev–Trinajstić information content (AvgIpc) is 2.99. The van der Waals surface area contributed by atoms with E-state index in [1.165, 1.54) is 11.1 Å². The van der Waals surface area contributed by atoms with Gasteiger partial charge in [0.2, 0.25) is 5.91 Å². The number of hydrogen-bond acceptors (Lipinski definition) is 3. The van der Waals surface area contributed by atoms with E-state index in [-0.39, 0.29) is 17.7 Å². The van der Waals surface area contributed by atoms with E-state index in [1.54, 1.807) is 0 Å². The summed E-state index contributed by atoms with van der Waals surface area (Å²) in [6.45, 7) is 6.08. The Balaban J connectivity index is 1.84. The molecule has 0 radical (unpaired) electrons. The van der Waals surface area contributed by atoms with Crippen LogP contribution in [0.2, 0.25) is 0 Å². The van der Waals surface area contributed by atoms with Crippen molar-refractivity contribution in [2.24, 2.45) is 0 Å². The molecule has 0 aromatic heterocycles. The van der Waals surface area contributed by atoms with Gasteiger partial charge in [-0.2, -0.15) is 0 Å². The van der Waals surface area contributed by atoms with Gasteiger partial charge in [0.15, 0.2) is 0 Å². The van der Waals surface area contributed by atoms with Gasteiger partial charge in [0.05, 0.1) is 18.7 Å². The van der Waals surface area contributed by atoms with Crippen LogP contribution in [0.1, 0.15) is 37.1 Å². The van der Waals surface area contributed by atoms with Crippen molar-refractivity contribution in [3.63, 3.8) is 0 Å². The number of benzene rings is 1. The van der Waals surface area contributed by atoms with Crippen molar-refractivity contribution in [2.45, 2.75) is 38.5 Å². The summed E-state index contributed by atoms with van der Waals surface area (Å²) in [5.74, 6) is 0.162. The molecule has 0 spiro atoms. The summed E-state index contributed by atoms with van der Waals surface area (Å²) in [5, 5.41) is 3.33. The maximum Gasteiger partial charge on any atom is 0.238 e. The molecule has 0 bridgehead atoms. The lowest BCUT2D eigenvalue weighted by Crippen LogP contribution is -2.43. The summed E-state index contributed by atoms with van der Waals surface area (Å²) in [5.41, 5.74) is 2.20. The third-order valence-corrected chi connectivity index (χ3v) is 4.37. The zero-order valence-corrected chi connectivity index (χ0v) is 12.2. The van der Waals surface area contributed by atoms with Crippen molar-refractivity contribution in [3.8, 4) is 0 Å². The highest BCUT2D eigenvalue weighted by Gasteiger charge is 2.39. The van der Waals surface area contributed by atoms with Gasteiger partial charge in [0.25, 0.3) is 0 Å². The van der Waals surface area contributed by atoms with Gasteiger partial charge in [0.1, 0.15) is 6.17 Å². The first-order valence-corrected chi connectivity index (χ1v) is 7.31. The Morgan fingerprint density at radius 3 is 2.95 bits per heavy atom. The smallest absolute Gasteiger partial charge is 0.238 e. The van der Waals surface area contributed by atoms with Gasteiger partial charge in [-0.15, -0.1) is 0 Å². The van der Waals surface area contributed by atoms with E-state index in [0.717, 1.165) is 19.4 Å². The van der Waals surface area contributed by atoms with Crippen LogP contribution >= 0.6 is 0 Å². The second-order valence-corrected chi connectivity index (χ2v) is 6.06. The van der Waals surface area contributed by atoms with Gasteiger partial charge in [0, 0.05) is 6.61 Å². The predicted molar refractivity (Wildman–Crippen MR) is 77.2 cm³/mol. The molecule has 2 unspecified atom stereocenters. The van der Waals surface area contributed by atoms with E-state index in [1.807, 2.05) is 17.0 Å². The molecule has 4 nitrogen and oxygen atoms in total. The highest BCUT2D eigenvalue weighted by molar-refractivity contribution is 5.81. The molecule has 108 valence electrons. The predicted octanol–water partition coefficient (Wildman–Crippen LogP) is 1.99. The summed E-state index contributed by atoms with van der Waals surface area (Å²) in [4.78, 5) is 14.1. The fourth-order valence-corrected chi connectivity index (χ4v) is 3.21. The largest absolute Gasteiger partial charge is 0.373 e. The molecule has 2 aliphatic heterocycles. The number of carbonyl (C=O) groups is 1. The van der Waals surface area contributed by atoms with Crippen LogP contribution in [-0.2, 0) is 9.53 Å². The van der Waals surface area contributed by atoms with E-state index in [2.05, 4.69) is 31.3 Å². The third-order valence-electron chi connectivity index (χ3n) is 4.37. The van der Waals surface area contributed by atoms with Crippen molar-refractivity contribution in [1.29, 1.82) is 0 Å². The molecule has 3 rings (SSSR count). The summed E-state index contributed by atoms with van der Waals surface area (Å²) in [7, 11) is 0. The molecule has 2 atom stereocenters. The lowest BCUT2D eigenvalue weighted by molar-refractivity contribution is -0.131. The average molecular weight is 274 g/mol. The van der Waals surface area contributed by atoms with E-state index in [9.17, 15) is 4.79 Å². The van der Waals surface area contributed by atoms with Gasteiger partial charge >= 0.3 is 0 Å². The topological polar surface area (TPSA) is 41.6 Å². The monoisotopic (exact) mass is 274 g/mol. The normalized spacial score (nSPS) is 30.2. The maximum absolute atomic E-state index is 12.2. The van der Waals surface area contributed by atoms with Crippen LogP contribution in [0.25, 0.3) is 0 Å². The highest BCUT2D eigenvalue weighted by atomic mass is 16.5. The summed E-state index contributed by atoms with van der Waals surface area (Å²) >= 11 is 0. The molecule has 2 aliphatic rings. The Morgan fingerprint density at radius 2 is 2.25 bits per heavy atom. The van der Waals surface area contributed by atoms with E-state index < -0.39 is 0 Å². The lowest BCUT2D eigenvalue weighted by Gasteiger charge is -2.33. The van der Waals surface area contributed by atoms with E-state index >= 15 is 0 Å². The summed E-state index contributed by atoms with van der Waals surface area (Å²) < 4.78 is 5.84. The first-order valence-electron chi connectivity index (χ1n) is 7.31. The molecule has 4 heteroatoms. The van der Waals surface area contributed by atoms with Crippen molar-refractivity contribution in [2.75, 3.05) is 19.7 Å². The minimum absolute atomic E-state index is 0.0234. The van der Waals surface area contributed by atoms with Gasteiger partial charge in [-0.1, -0.05) is 24.3 Å². The Kier molecular flexibility index (Phi) is 3.52. The number of hydrogen-bond donors (Lipinski definition) is 1. The van der Waals surface area contributed by atoms with Crippen LogP contribution in [0.3, 0.4) is 0 Å². The summed E-state index contributed by atoms with van der Waals surface area (Å²) in [6, 6.07) is 8.24. The van der Waals surface area contributed by atoms with Gasteiger partial charge < -0.3 is 9.64 Å². The molecule has 0 aliphatic carbocycles. The number of amides is 1. The molecule has 1 N–H and O–H groups in total. The first-order chi connectivity index (χ1) is 9.59. The number of nitrogens with zero attached hydrogens (tertiary/aromatic N) is 1. The Morgan fingerprint density at radius 1 is 1.45 bits per heavy atom. The molecular formula is C16H22N2O2. The van der Waals surface area contributed by atoms with Crippen LogP contribution in [0, 0.1) is 6.92 Å². The number of nitrogens with one attached hydrogen (secondary N) is 1. The number of rotatable bonds is 3. The third kappa shape index (κ3) is 2.45. The highest BCUT2D eigenvalue weighted by Crippen LogP contribution is 2.31. The summed E-state index contributed by atoms with van der Waals surface area (Å²) in [6.07, 6.45) is 2.09. The van der Waals surface area contributed by atoms with Crippen LogP contribution in [0.5, 0.6) is 0 Å². The van der Waals surface area contributed by atoms with Crippen LogP contribution in [0.15, 0.2) is 24.3 Å². The van der Waals surface area contributed by atoms with Crippen molar-refractivity contribution < 1.29 is 9.53 Å². The molecule has 0 saturated carbocycles. The van der Waals surface area contributed by atoms with Gasteiger partial charge in [-0.3, -0.25) is 10.1 Å². The fourth-order valence-electron chi connectivity index (χ4n) is 3.21. The van der Waals surface area contributed by atoms with Crippen LogP contribution in [0.4, 0.5) is 0 Å². The SMILES string of the molecule is Cc1ccccc1C1NCC(=O)N1CC1(C)CCCO1. The van der Waals surface area contributed by atoms with Crippen LogP contribution < -0.4 is 5.32 Å². The quantitative estimate of drug-likeness (QED) is 0.916. The Hall–Kier alpha value is -1.39. The van der Waals surface area contributed by atoms with Crippen LogP contribution in [-0.4, -0.2) is 36.1 Å². The van der Waals surface area contributed by atoms with Gasteiger partial charge in [-0.25, -0.2) is 0 Å². The molecular weight excluding hydrogens is 252 g/mol.